The van der Waals surface area contributed by atoms with Gasteiger partial charge in [0.2, 0.25) is 0 Å². The van der Waals surface area contributed by atoms with E-state index >= 15 is 0 Å². The van der Waals surface area contributed by atoms with E-state index in [9.17, 15) is 4.79 Å². The fourth-order valence-corrected chi connectivity index (χ4v) is 0.409. The van der Waals surface area contributed by atoms with Gasteiger partial charge in [-0.1, -0.05) is 19.9 Å². The molecule has 0 saturated carbocycles. The molecule has 0 rings (SSSR count). The summed E-state index contributed by atoms with van der Waals surface area (Å²) in [6.07, 6.45) is 1.44. The second-order valence-corrected chi connectivity index (χ2v) is 1.66. The molecule has 9 heavy (non-hydrogen) atoms. The predicted molar refractivity (Wildman–Crippen MR) is 33.1 cm³/mol. The van der Waals surface area contributed by atoms with Gasteiger partial charge in [0, 0.05) is 5.57 Å². The van der Waals surface area contributed by atoms with Crippen LogP contribution in [0.25, 0.3) is 0 Å². The van der Waals surface area contributed by atoms with Crippen LogP contribution in [-0.4, -0.2) is 11.1 Å². The number of hydrogen-bond acceptors (Lipinski definition) is 1. The molecule has 0 aliphatic rings. The molecule has 0 aromatic heterocycles. The molecule has 0 aliphatic heterocycles. The summed E-state index contributed by atoms with van der Waals surface area (Å²) in [5, 5.41) is 8.21. The van der Waals surface area contributed by atoms with E-state index in [-0.39, 0.29) is 26.2 Å². The van der Waals surface area contributed by atoms with Gasteiger partial charge in [-0.25, -0.2) is 4.79 Å². The summed E-state index contributed by atoms with van der Waals surface area (Å²) in [6.45, 7) is 5.27. The van der Waals surface area contributed by atoms with Gasteiger partial charge in [0.25, 0.3) is 0 Å². The maximum atomic E-state index is 9.99. The Morgan fingerprint density at radius 3 is 2.22 bits per heavy atom. The van der Waals surface area contributed by atoms with Crippen molar-refractivity contribution in [3.63, 3.8) is 0 Å². The van der Waals surface area contributed by atoms with Gasteiger partial charge >= 0.3 is 32.2 Å². The quantitative estimate of drug-likeness (QED) is 0.791. The van der Waals surface area contributed by atoms with E-state index in [0.29, 0.717) is 12.0 Å². The van der Waals surface area contributed by atoms with Gasteiger partial charge in [-0.15, -0.1) is 0 Å². The average molecular weight is 325 g/mol. The summed E-state index contributed by atoms with van der Waals surface area (Å²) in [7, 11) is 0. The molecule has 0 amide bonds. The fraction of sp³-hybridized carbons (Fsp3) is 0.500. The standard InChI is InChI=1S/C6H10O2.AtH/c1-3-4-5(2)6(7)8;/h2-4H2,1H3,(H,7,8);1H. The first-order valence-corrected chi connectivity index (χ1v) is 2.59. The molecule has 0 aliphatic carbocycles. The molecule has 0 heterocycles. The molecular weight excluding hydrogens is 314 g/mol. The number of carbonyl (C=O) groups is 1. The average Bonchev–Trinajstić information content (AvgIpc) is 1.67. The summed E-state index contributed by atoms with van der Waals surface area (Å²) >= 11 is 0. The summed E-state index contributed by atoms with van der Waals surface area (Å²) in [4.78, 5) is 9.99. The summed E-state index contributed by atoms with van der Waals surface area (Å²) < 4.78 is 0. The third-order valence-corrected chi connectivity index (χ3v) is 0.854. The fourth-order valence-electron chi connectivity index (χ4n) is 0.409. The number of rotatable bonds is 3. The van der Waals surface area contributed by atoms with Crippen LogP contribution in [0.4, 0.5) is 0 Å². The van der Waals surface area contributed by atoms with Gasteiger partial charge in [-0.05, 0) is 6.42 Å². The first kappa shape index (κ1) is 11.8. The van der Waals surface area contributed by atoms with Crippen LogP contribution in [0.15, 0.2) is 12.2 Å². The Balaban J connectivity index is 0. The molecule has 0 aromatic rings. The zero-order valence-corrected chi connectivity index (χ0v) is 8.56. The number of carboxylic acid groups (broad SMARTS) is 1. The van der Waals surface area contributed by atoms with E-state index in [1.54, 1.807) is 0 Å². The van der Waals surface area contributed by atoms with Gasteiger partial charge in [0.05, 0.1) is 0 Å². The van der Waals surface area contributed by atoms with Crippen molar-refractivity contribution in [1.82, 2.24) is 0 Å². The van der Waals surface area contributed by atoms with Crippen LogP contribution < -0.4 is 0 Å². The van der Waals surface area contributed by atoms with Crippen molar-refractivity contribution in [2.24, 2.45) is 0 Å². The van der Waals surface area contributed by atoms with Crippen LogP contribution in [0.1, 0.15) is 19.8 Å². The monoisotopic (exact) mass is 325 g/mol. The topological polar surface area (TPSA) is 37.3 Å². The molecule has 0 saturated heterocycles. The van der Waals surface area contributed by atoms with Crippen molar-refractivity contribution < 1.29 is 36.1 Å². The Labute approximate surface area is 74.1 Å². The van der Waals surface area contributed by atoms with Crippen LogP contribution in [0, 0.1) is 26.2 Å². The number of hydrogen-bond donors (Lipinski definition) is 1. The normalized spacial score (nSPS) is 7.67. The summed E-state index contributed by atoms with van der Waals surface area (Å²) in [6, 6.07) is 0. The Morgan fingerprint density at radius 1 is 1.67 bits per heavy atom. The third-order valence-electron chi connectivity index (χ3n) is 0.854. The molecular formula is C6H11AtO2. The third kappa shape index (κ3) is 5.97. The minimum atomic E-state index is -0.883. The Morgan fingerprint density at radius 2 is 2.11 bits per heavy atom. The van der Waals surface area contributed by atoms with E-state index in [4.69, 9.17) is 5.11 Å². The first-order valence-electron chi connectivity index (χ1n) is 2.59. The first-order chi connectivity index (χ1) is 3.68. The van der Waals surface area contributed by atoms with Gasteiger partial charge in [0.1, 0.15) is 0 Å². The molecule has 2 nitrogen and oxygen atoms in total. The van der Waals surface area contributed by atoms with E-state index in [0.717, 1.165) is 6.42 Å². The van der Waals surface area contributed by atoms with Crippen molar-refractivity contribution >= 4 is 5.97 Å². The molecule has 0 atom stereocenters. The zero-order valence-electron chi connectivity index (χ0n) is 5.39. The minimum absolute atomic E-state index is 0. The van der Waals surface area contributed by atoms with Crippen molar-refractivity contribution in [2.45, 2.75) is 19.8 Å². The van der Waals surface area contributed by atoms with Crippen LogP contribution in [0.3, 0.4) is 0 Å². The van der Waals surface area contributed by atoms with Gasteiger partial charge < -0.3 is 5.11 Å². The molecule has 0 radical (unpaired) electrons. The summed E-state index contributed by atoms with van der Waals surface area (Å²) in [5.41, 5.74) is 0.299. The van der Waals surface area contributed by atoms with E-state index in [2.05, 4.69) is 6.58 Å². The molecule has 0 unspecified atom stereocenters. The van der Waals surface area contributed by atoms with E-state index in [1.165, 1.54) is 0 Å². The van der Waals surface area contributed by atoms with Crippen molar-refractivity contribution in [3.05, 3.63) is 12.2 Å². The Hall–Kier alpha value is 0.0931. The Bertz CT molecular complexity index is 110. The van der Waals surface area contributed by atoms with Crippen LogP contribution in [0.2, 0.25) is 0 Å². The van der Waals surface area contributed by atoms with Crippen LogP contribution in [0.5, 0.6) is 0 Å². The van der Waals surface area contributed by atoms with E-state index < -0.39 is 5.97 Å². The predicted octanol–water partition coefficient (Wildman–Crippen LogP) is 1.16. The SMILES string of the molecule is C=C(CCC)C(=O)O.[AtH]. The van der Waals surface area contributed by atoms with Crippen LogP contribution >= 0.6 is 0 Å². The van der Waals surface area contributed by atoms with Gasteiger partial charge in [-0.3, -0.25) is 0 Å². The van der Waals surface area contributed by atoms with Gasteiger partial charge in [-0.2, -0.15) is 0 Å². The molecule has 0 fully saturated rings. The van der Waals surface area contributed by atoms with Crippen molar-refractivity contribution in [3.8, 4) is 0 Å². The molecule has 3 heteroatoms. The van der Waals surface area contributed by atoms with Gasteiger partial charge in [0.15, 0.2) is 0 Å². The van der Waals surface area contributed by atoms with E-state index in [1.807, 2.05) is 6.92 Å². The van der Waals surface area contributed by atoms with Crippen molar-refractivity contribution in [1.29, 1.82) is 0 Å². The Kier molecular flexibility index (Phi) is 8.18. The number of carboxylic acids is 1. The maximum absolute atomic E-state index is 9.99. The van der Waals surface area contributed by atoms with Crippen molar-refractivity contribution in [2.75, 3.05) is 0 Å². The number of aliphatic carboxylic acids is 1. The zero-order chi connectivity index (χ0) is 6.57. The summed E-state index contributed by atoms with van der Waals surface area (Å²) in [5.74, 6) is -0.883. The molecule has 0 spiro atoms. The second kappa shape index (κ2) is 6.22. The molecule has 54 valence electrons. The molecule has 1 N–H and O–H groups in total. The molecule has 0 bridgehead atoms. The van der Waals surface area contributed by atoms with Crippen LogP contribution in [-0.2, 0) is 4.79 Å². The molecule has 0 aromatic carbocycles. The second-order valence-electron chi connectivity index (χ2n) is 1.66.